The summed E-state index contributed by atoms with van der Waals surface area (Å²) in [5.74, 6) is -0.166. The number of ether oxygens (including phenoxy) is 1. The molecule has 0 saturated carbocycles. The number of amides is 1. The first kappa shape index (κ1) is 22.3. The largest absolute Gasteiger partial charge is 0.484 e. The topological polar surface area (TPSA) is 95.9 Å². The molecule has 0 spiro atoms. The summed E-state index contributed by atoms with van der Waals surface area (Å²) in [7, 11) is 0. The predicted octanol–water partition coefficient (Wildman–Crippen LogP) is 6.09. The number of primary amides is 1. The van der Waals surface area contributed by atoms with Crippen molar-refractivity contribution in [1.82, 2.24) is 19.7 Å². The van der Waals surface area contributed by atoms with E-state index in [1.54, 1.807) is 30.6 Å². The molecular formula is C24H17Cl2N5O2S. The van der Waals surface area contributed by atoms with Gasteiger partial charge in [0.25, 0.3) is 5.91 Å². The summed E-state index contributed by atoms with van der Waals surface area (Å²) in [4.78, 5) is 17.0. The molecule has 0 aliphatic carbocycles. The van der Waals surface area contributed by atoms with Crippen molar-refractivity contribution in [1.29, 1.82) is 0 Å². The Bertz CT molecular complexity index is 1510. The fourth-order valence-electron chi connectivity index (χ4n) is 3.62. The molecule has 0 saturated heterocycles. The van der Waals surface area contributed by atoms with E-state index in [1.165, 1.54) is 11.3 Å². The van der Waals surface area contributed by atoms with E-state index in [4.69, 9.17) is 33.7 Å². The molecule has 10 heteroatoms. The standard InChI is InChI=1S/C24H17Cl2N5O2S/c1-13(15-4-2-3-5-16(15)25)33-20-11-22(34-23(20)24(27)32)31-12-28-18-10-14(6-8-19(18)31)17-7-9-21(26)30-29-17/h2-13H,1H3,(H2,27,32). The van der Waals surface area contributed by atoms with E-state index in [-0.39, 0.29) is 6.10 Å². The SMILES string of the molecule is CC(Oc1cc(-n2cnc3cc(-c4ccc(Cl)nn4)ccc32)sc1C(N)=O)c1ccccc1Cl. The second-order valence-electron chi connectivity index (χ2n) is 7.48. The van der Waals surface area contributed by atoms with Crippen molar-refractivity contribution in [2.75, 3.05) is 0 Å². The van der Waals surface area contributed by atoms with Crippen LogP contribution in [0.25, 0.3) is 27.3 Å². The summed E-state index contributed by atoms with van der Waals surface area (Å²) in [5.41, 5.74) is 9.64. The van der Waals surface area contributed by atoms with Crippen LogP contribution in [0.3, 0.4) is 0 Å². The van der Waals surface area contributed by atoms with Crippen LogP contribution in [0.2, 0.25) is 10.2 Å². The van der Waals surface area contributed by atoms with Gasteiger partial charge >= 0.3 is 0 Å². The molecule has 1 amide bonds. The van der Waals surface area contributed by atoms with E-state index in [1.807, 2.05) is 47.9 Å². The van der Waals surface area contributed by atoms with Crippen molar-refractivity contribution in [2.45, 2.75) is 13.0 Å². The number of thiophene rings is 1. The van der Waals surface area contributed by atoms with Crippen LogP contribution in [-0.4, -0.2) is 25.7 Å². The zero-order valence-electron chi connectivity index (χ0n) is 17.8. The number of nitrogens with zero attached hydrogens (tertiary/aromatic N) is 4. The monoisotopic (exact) mass is 509 g/mol. The molecule has 1 atom stereocenters. The first-order valence-electron chi connectivity index (χ1n) is 10.2. The second-order valence-corrected chi connectivity index (χ2v) is 9.31. The van der Waals surface area contributed by atoms with Crippen molar-refractivity contribution >= 4 is 51.5 Å². The average Bonchev–Trinajstić information content (AvgIpc) is 3.43. The molecule has 5 rings (SSSR count). The molecule has 0 bridgehead atoms. The van der Waals surface area contributed by atoms with Gasteiger partial charge in [-0.25, -0.2) is 4.98 Å². The lowest BCUT2D eigenvalue weighted by Gasteiger charge is -2.16. The molecule has 1 unspecified atom stereocenters. The molecule has 0 aliphatic rings. The van der Waals surface area contributed by atoms with Gasteiger partial charge in [0.2, 0.25) is 0 Å². The normalized spacial score (nSPS) is 12.1. The van der Waals surface area contributed by atoms with Gasteiger partial charge in [-0.3, -0.25) is 9.36 Å². The number of carbonyl (C=O) groups excluding carboxylic acids is 1. The molecule has 0 aliphatic heterocycles. The van der Waals surface area contributed by atoms with Crippen LogP contribution in [0.5, 0.6) is 5.75 Å². The Hall–Kier alpha value is -3.46. The molecule has 7 nitrogen and oxygen atoms in total. The number of rotatable bonds is 6. The first-order valence-corrected chi connectivity index (χ1v) is 11.8. The lowest BCUT2D eigenvalue weighted by molar-refractivity contribution is 0.0998. The van der Waals surface area contributed by atoms with Gasteiger partial charge in [-0.15, -0.1) is 21.5 Å². The number of aromatic nitrogens is 4. The van der Waals surface area contributed by atoms with Crippen molar-refractivity contribution in [3.8, 4) is 22.0 Å². The summed E-state index contributed by atoms with van der Waals surface area (Å²) >= 11 is 13.4. The molecule has 34 heavy (non-hydrogen) atoms. The summed E-state index contributed by atoms with van der Waals surface area (Å²) < 4.78 is 8.00. The highest BCUT2D eigenvalue weighted by molar-refractivity contribution is 7.16. The number of nitrogens with two attached hydrogens (primary N) is 1. The molecule has 2 aromatic carbocycles. The molecule has 2 N–H and O–H groups in total. The third kappa shape index (κ3) is 4.23. The van der Waals surface area contributed by atoms with Gasteiger partial charge in [0, 0.05) is 22.2 Å². The Kier molecular flexibility index (Phi) is 5.95. The van der Waals surface area contributed by atoms with Gasteiger partial charge in [-0.05, 0) is 37.3 Å². The number of hydrogen-bond donors (Lipinski definition) is 1. The highest BCUT2D eigenvalue weighted by atomic mass is 35.5. The zero-order chi connectivity index (χ0) is 23.8. The van der Waals surface area contributed by atoms with Crippen molar-refractivity contribution in [3.63, 3.8) is 0 Å². The van der Waals surface area contributed by atoms with Gasteiger partial charge in [0.15, 0.2) is 5.15 Å². The third-order valence-corrected chi connectivity index (χ3v) is 6.94. The van der Waals surface area contributed by atoms with Crippen LogP contribution in [-0.2, 0) is 0 Å². The second kappa shape index (κ2) is 9.06. The molecule has 5 aromatic rings. The van der Waals surface area contributed by atoms with Crippen LogP contribution in [0.4, 0.5) is 0 Å². The molecule has 0 fully saturated rings. The lowest BCUT2D eigenvalue weighted by Crippen LogP contribution is -2.12. The first-order chi connectivity index (χ1) is 16.4. The van der Waals surface area contributed by atoms with Gasteiger partial charge in [-0.1, -0.05) is 47.5 Å². The van der Waals surface area contributed by atoms with Crippen LogP contribution in [0.15, 0.2) is 67.0 Å². The van der Waals surface area contributed by atoms with Crippen LogP contribution in [0, 0.1) is 0 Å². The predicted molar refractivity (Wildman–Crippen MR) is 134 cm³/mol. The van der Waals surface area contributed by atoms with Gasteiger partial charge in [-0.2, -0.15) is 0 Å². The Morgan fingerprint density at radius 1 is 1.09 bits per heavy atom. The number of halogens is 2. The smallest absolute Gasteiger partial charge is 0.262 e. The quantitative estimate of drug-likeness (QED) is 0.298. The Morgan fingerprint density at radius 3 is 2.65 bits per heavy atom. The molecule has 3 heterocycles. The van der Waals surface area contributed by atoms with Gasteiger partial charge in [0.1, 0.15) is 28.1 Å². The molecular weight excluding hydrogens is 493 g/mol. The highest BCUT2D eigenvalue weighted by Crippen LogP contribution is 2.37. The number of carbonyl (C=O) groups is 1. The fraction of sp³-hybridized carbons (Fsp3) is 0.0833. The van der Waals surface area contributed by atoms with Crippen molar-refractivity contribution in [3.05, 3.63) is 87.6 Å². The van der Waals surface area contributed by atoms with E-state index in [2.05, 4.69) is 15.2 Å². The Morgan fingerprint density at radius 2 is 1.91 bits per heavy atom. The summed E-state index contributed by atoms with van der Waals surface area (Å²) in [6.45, 7) is 1.87. The molecule has 3 aromatic heterocycles. The number of hydrogen-bond acceptors (Lipinski definition) is 6. The van der Waals surface area contributed by atoms with Crippen LogP contribution < -0.4 is 10.5 Å². The lowest BCUT2D eigenvalue weighted by atomic mass is 10.1. The van der Waals surface area contributed by atoms with E-state index in [9.17, 15) is 4.79 Å². The van der Waals surface area contributed by atoms with E-state index < -0.39 is 5.91 Å². The minimum Gasteiger partial charge on any atom is -0.484 e. The van der Waals surface area contributed by atoms with Gasteiger partial charge < -0.3 is 10.5 Å². The molecule has 170 valence electrons. The summed E-state index contributed by atoms with van der Waals surface area (Å²) in [6.07, 6.45) is 1.32. The maximum Gasteiger partial charge on any atom is 0.262 e. The van der Waals surface area contributed by atoms with Crippen LogP contribution >= 0.6 is 34.5 Å². The van der Waals surface area contributed by atoms with Crippen molar-refractivity contribution in [2.24, 2.45) is 5.73 Å². The van der Waals surface area contributed by atoms with E-state index >= 15 is 0 Å². The van der Waals surface area contributed by atoms with Gasteiger partial charge in [0.05, 0.1) is 16.7 Å². The average molecular weight is 510 g/mol. The van der Waals surface area contributed by atoms with E-state index in [0.29, 0.717) is 26.5 Å². The summed E-state index contributed by atoms with van der Waals surface area (Å²) in [6, 6.07) is 18.5. The number of benzene rings is 2. The fourth-order valence-corrected chi connectivity index (χ4v) is 4.93. The van der Waals surface area contributed by atoms with Crippen LogP contribution in [0.1, 0.15) is 28.3 Å². The minimum atomic E-state index is -0.564. The minimum absolute atomic E-state index is 0.323. The maximum absolute atomic E-state index is 12.2. The Balaban J connectivity index is 1.50. The summed E-state index contributed by atoms with van der Waals surface area (Å²) in [5, 5.41) is 9.69. The Labute approximate surface area is 208 Å². The number of fused-ring (bicyclic) bond motifs is 1. The zero-order valence-corrected chi connectivity index (χ0v) is 20.1. The van der Waals surface area contributed by atoms with Crippen molar-refractivity contribution < 1.29 is 9.53 Å². The molecule has 0 radical (unpaired) electrons. The third-order valence-electron chi connectivity index (χ3n) is 5.27. The number of imidazole rings is 1. The maximum atomic E-state index is 12.2. The van der Waals surface area contributed by atoms with E-state index in [0.717, 1.165) is 27.2 Å². The highest BCUT2D eigenvalue weighted by Gasteiger charge is 2.21.